The van der Waals surface area contributed by atoms with Crippen LogP contribution in [-0.4, -0.2) is 66.9 Å². The summed E-state index contributed by atoms with van der Waals surface area (Å²) in [5.41, 5.74) is 1.41. The SMILES string of the molecule is CCOC(=O)c1c(NC(=O)CN2CCN(C(C)=O)CC2)sc(C)c1CC. The quantitative estimate of drug-likeness (QED) is 0.762. The van der Waals surface area contributed by atoms with Crippen LogP contribution >= 0.6 is 11.3 Å². The molecular weight excluding hydrogens is 354 g/mol. The van der Waals surface area contributed by atoms with Crippen LogP contribution < -0.4 is 5.32 Å². The topological polar surface area (TPSA) is 79.0 Å². The molecule has 0 aromatic carbocycles. The molecule has 0 spiro atoms. The summed E-state index contributed by atoms with van der Waals surface area (Å²) in [6.07, 6.45) is 0.708. The number of rotatable bonds is 6. The standard InChI is InChI=1S/C18H27N3O4S/c1-5-14-12(3)26-17(16(14)18(24)25-6-2)19-15(23)11-20-7-9-21(10-8-20)13(4)22/h5-11H2,1-4H3,(H,19,23). The van der Waals surface area contributed by atoms with Crippen molar-refractivity contribution in [3.8, 4) is 0 Å². The third kappa shape index (κ3) is 4.82. The molecule has 2 amide bonds. The Morgan fingerprint density at radius 2 is 1.81 bits per heavy atom. The van der Waals surface area contributed by atoms with E-state index in [-0.39, 0.29) is 24.3 Å². The zero-order valence-corrected chi connectivity index (χ0v) is 16.7. The summed E-state index contributed by atoms with van der Waals surface area (Å²) in [6.45, 7) is 10.4. The number of carbonyl (C=O) groups excluding carboxylic acids is 3. The van der Waals surface area contributed by atoms with E-state index in [1.54, 1.807) is 18.7 Å². The number of carbonyl (C=O) groups is 3. The highest BCUT2D eigenvalue weighted by atomic mass is 32.1. The molecule has 0 unspecified atom stereocenters. The molecule has 7 nitrogen and oxygen atoms in total. The van der Waals surface area contributed by atoms with Gasteiger partial charge in [0.1, 0.15) is 5.00 Å². The number of piperazine rings is 1. The van der Waals surface area contributed by atoms with Gasteiger partial charge >= 0.3 is 5.97 Å². The fourth-order valence-electron chi connectivity index (χ4n) is 3.10. The van der Waals surface area contributed by atoms with E-state index in [0.29, 0.717) is 49.8 Å². The fourth-order valence-corrected chi connectivity index (χ4v) is 4.25. The van der Waals surface area contributed by atoms with Crippen LogP contribution in [0.3, 0.4) is 0 Å². The first-order chi connectivity index (χ1) is 12.4. The predicted octanol–water partition coefficient (Wildman–Crippen LogP) is 1.90. The van der Waals surface area contributed by atoms with Gasteiger partial charge in [-0.1, -0.05) is 6.92 Å². The van der Waals surface area contributed by atoms with Crippen LogP contribution in [0.5, 0.6) is 0 Å². The lowest BCUT2D eigenvalue weighted by Gasteiger charge is -2.33. The van der Waals surface area contributed by atoms with Crippen molar-refractivity contribution in [3.05, 3.63) is 16.0 Å². The molecule has 0 radical (unpaired) electrons. The Hall–Kier alpha value is -1.93. The average molecular weight is 381 g/mol. The maximum Gasteiger partial charge on any atom is 0.341 e. The molecule has 2 rings (SSSR count). The number of esters is 1. The number of nitrogens with one attached hydrogen (secondary N) is 1. The molecule has 2 heterocycles. The highest BCUT2D eigenvalue weighted by molar-refractivity contribution is 7.16. The van der Waals surface area contributed by atoms with Gasteiger partial charge in [-0.3, -0.25) is 14.5 Å². The maximum atomic E-state index is 12.5. The summed E-state index contributed by atoms with van der Waals surface area (Å²) in [6, 6.07) is 0. The van der Waals surface area contributed by atoms with E-state index >= 15 is 0 Å². The highest BCUT2D eigenvalue weighted by Gasteiger charge is 2.25. The van der Waals surface area contributed by atoms with Crippen LogP contribution in [0.2, 0.25) is 0 Å². The van der Waals surface area contributed by atoms with E-state index in [1.807, 2.05) is 18.7 Å². The normalized spacial score (nSPS) is 15.0. The summed E-state index contributed by atoms with van der Waals surface area (Å²) in [5, 5.41) is 3.44. The van der Waals surface area contributed by atoms with Gasteiger partial charge in [0, 0.05) is 38.0 Å². The largest absolute Gasteiger partial charge is 0.462 e. The van der Waals surface area contributed by atoms with E-state index < -0.39 is 0 Å². The monoisotopic (exact) mass is 381 g/mol. The number of amides is 2. The molecule has 1 aromatic rings. The Bertz CT molecular complexity index is 678. The van der Waals surface area contributed by atoms with Crippen LogP contribution in [0, 0.1) is 6.92 Å². The second-order valence-electron chi connectivity index (χ2n) is 6.25. The smallest absolute Gasteiger partial charge is 0.341 e. The van der Waals surface area contributed by atoms with E-state index in [9.17, 15) is 14.4 Å². The third-order valence-electron chi connectivity index (χ3n) is 4.48. The molecule has 144 valence electrons. The lowest BCUT2D eigenvalue weighted by Crippen LogP contribution is -2.49. The summed E-state index contributed by atoms with van der Waals surface area (Å²) in [7, 11) is 0. The number of ether oxygens (including phenoxy) is 1. The first-order valence-corrected chi connectivity index (χ1v) is 9.76. The van der Waals surface area contributed by atoms with Gasteiger partial charge < -0.3 is 15.0 Å². The molecule has 1 fully saturated rings. The Balaban J connectivity index is 2.03. The minimum atomic E-state index is -0.390. The number of thiophene rings is 1. The molecule has 1 aliphatic rings. The second kappa shape index (κ2) is 9.14. The van der Waals surface area contributed by atoms with Gasteiger partial charge in [0.25, 0.3) is 0 Å². The predicted molar refractivity (Wildman–Crippen MR) is 102 cm³/mol. The summed E-state index contributed by atoms with van der Waals surface area (Å²) >= 11 is 1.41. The lowest BCUT2D eigenvalue weighted by atomic mass is 10.1. The minimum absolute atomic E-state index is 0.0642. The number of nitrogens with zero attached hydrogens (tertiary/aromatic N) is 2. The zero-order valence-electron chi connectivity index (χ0n) is 15.9. The zero-order chi connectivity index (χ0) is 19.3. The van der Waals surface area contributed by atoms with Crippen LogP contribution in [0.15, 0.2) is 0 Å². The Kier molecular flexibility index (Phi) is 7.16. The van der Waals surface area contributed by atoms with Crippen molar-refractivity contribution in [1.29, 1.82) is 0 Å². The van der Waals surface area contributed by atoms with Gasteiger partial charge in [-0.25, -0.2) is 4.79 Å². The van der Waals surface area contributed by atoms with Gasteiger partial charge in [0.15, 0.2) is 0 Å². The van der Waals surface area contributed by atoms with E-state index in [1.165, 1.54) is 11.3 Å². The molecule has 1 aliphatic heterocycles. The van der Waals surface area contributed by atoms with Crippen molar-refractivity contribution >= 4 is 34.1 Å². The molecule has 1 aromatic heterocycles. The van der Waals surface area contributed by atoms with E-state index in [4.69, 9.17) is 4.74 Å². The molecule has 26 heavy (non-hydrogen) atoms. The van der Waals surface area contributed by atoms with Crippen molar-refractivity contribution in [1.82, 2.24) is 9.80 Å². The van der Waals surface area contributed by atoms with Crippen molar-refractivity contribution in [2.75, 3.05) is 44.6 Å². The number of hydrogen-bond donors (Lipinski definition) is 1. The fraction of sp³-hybridized carbons (Fsp3) is 0.611. The molecule has 0 atom stereocenters. The maximum absolute atomic E-state index is 12.5. The van der Waals surface area contributed by atoms with Crippen molar-refractivity contribution in [3.63, 3.8) is 0 Å². The highest BCUT2D eigenvalue weighted by Crippen LogP contribution is 2.34. The van der Waals surface area contributed by atoms with Gasteiger partial charge in [-0.15, -0.1) is 11.3 Å². The molecule has 1 saturated heterocycles. The average Bonchev–Trinajstić information content (AvgIpc) is 2.90. The van der Waals surface area contributed by atoms with Crippen LogP contribution in [-0.2, 0) is 20.7 Å². The summed E-state index contributed by atoms with van der Waals surface area (Å²) in [5.74, 6) is -0.482. The first-order valence-electron chi connectivity index (χ1n) is 8.94. The van der Waals surface area contributed by atoms with E-state index in [2.05, 4.69) is 5.32 Å². The Morgan fingerprint density at radius 1 is 1.15 bits per heavy atom. The van der Waals surface area contributed by atoms with Gasteiger partial charge in [0.05, 0.1) is 18.7 Å². The third-order valence-corrected chi connectivity index (χ3v) is 5.54. The van der Waals surface area contributed by atoms with Gasteiger partial charge in [0.2, 0.25) is 11.8 Å². The molecule has 0 bridgehead atoms. The van der Waals surface area contributed by atoms with Crippen LogP contribution in [0.4, 0.5) is 5.00 Å². The number of anilines is 1. The van der Waals surface area contributed by atoms with Gasteiger partial charge in [-0.2, -0.15) is 0 Å². The van der Waals surface area contributed by atoms with Crippen molar-refractivity contribution in [2.45, 2.75) is 34.1 Å². The molecule has 8 heteroatoms. The van der Waals surface area contributed by atoms with E-state index in [0.717, 1.165) is 10.4 Å². The Labute approximate surface area is 158 Å². The molecule has 0 saturated carbocycles. The minimum Gasteiger partial charge on any atom is -0.462 e. The number of aryl methyl sites for hydroxylation is 1. The van der Waals surface area contributed by atoms with Crippen LogP contribution in [0.25, 0.3) is 0 Å². The first kappa shape index (κ1) is 20.4. The Morgan fingerprint density at radius 3 is 2.35 bits per heavy atom. The second-order valence-corrected chi connectivity index (χ2v) is 7.47. The molecular formula is C18H27N3O4S. The van der Waals surface area contributed by atoms with Gasteiger partial charge in [-0.05, 0) is 25.8 Å². The van der Waals surface area contributed by atoms with Crippen LogP contribution in [0.1, 0.15) is 41.6 Å². The number of hydrogen-bond acceptors (Lipinski definition) is 6. The molecule has 0 aliphatic carbocycles. The molecule has 1 N–H and O–H groups in total. The van der Waals surface area contributed by atoms with Crippen molar-refractivity contribution < 1.29 is 19.1 Å². The van der Waals surface area contributed by atoms with Crippen molar-refractivity contribution in [2.24, 2.45) is 0 Å². The summed E-state index contributed by atoms with van der Waals surface area (Å²) in [4.78, 5) is 41.0. The lowest BCUT2D eigenvalue weighted by molar-refractivity contribution is -0.130. The summed E-state index contributed by atoms with van der Waals surface area (Å²) < 4.78 is 5.16.